The molecule has 0 aromatic carbocycles. The molecule has 2 nitrogen and oxygen atoms in total. The zero-order chi connectivity index (χ0) is 12.4. The lowest BCUT2D eigenvalue weighted by molar-refractivity contribution is -0.174. The van der Waals surface area contributed by atoms with Gasteiger partial charge in [-0.3, -0.25) is 0 Å². The molecule has 98 valence electrons. The smallest absolute Gasteiger partial charge is 0.372 e. The van der Waals surface area contributed by atoms with Crippen molar-refractivity contribution in [3.63, 3.8) is 0 Å². The van der Waals surface area contributed by atoms with Gasteiger partial charge in [0.25, 0.3) is 0 Å². The topological polar surface area (TPSA) is 21.3 Å². The number of rotatable bonds is 9. The number of ether oxygens (including phenoxy) is 1. The lowest BCUT2D eigenvalue weighted by Crippen LogP contribution is -2.24. The van der Waals surface area contributed by atoms with Gasteiger partial charge in [0.15, 0.2) is 0 Å². The quantitative estimate of drug-likeness (QED) is 0.626. The van der Waals surface area contributed by atoms with Crippen molar-refractivity contribution < 1.29 is 17.9 Å². The summed E-state index contributed by atoms with van der Waals surface area (Å²) in [5, 5.41) is 3.20. The molecule has 0 aromatic rings. The predicted octanol–water partition coefficient (Wildman–Crippen LogP) is 3.12. The zero-order valence-electron chi connectivity index (χ0n) is 10.1. The van der Waals surface area contributed by atoms with Crippen LogP contribution in [0.5, 0.6) is 0 Å². The first-order valence-electron chi connectivity index (χ1n) is 5.81. The summed E-state index contributed by atoms with van der Waals surface area (Å²) in [6.07, 6.45) is 0.632. The summed E-state index contributed by atoms with van der Waals surface area (Å²) in [5.74, 6) is 0. The average molecular weight is 241 g/mol. The number of unbranched alkanes of at least 4 members (excludes halogenated alkanes) is 1. The molecule has 5 heteroatoms. The molecule has 1 unspecified atom stereocenters. The Morgan fingerprint density at radius 1 is 1.19 bits per heavy atom. The third kappa shape index (κ3) is 10.2. The van der Waals surface area contributed by atoms with E-state index in [0.717, 1.165) is 25.7 Å². The molecule has 0 saturated carbocycles. The lowest BCUT2D eigenvalue weighted by atomic mass is 10.1. The van der Waals surface area contributed by atoms with Crippen molar-refractivity contribution in [1.29, 1.82) is 0 Å². The number of hydrogen-bond donors (Lipinski definition) is 1. The van der Waals surface area contributed by atoms with E-state index in [1.165, 1.54) is 0 Å². The van der Waals surface area contributed by atoms with Gasteiger partial charge >= 0.3 is 6.18 Å². The van der Waals surface area contributed by atoms with Gasteiger partial charge in [0.05, 0.1) is 0 Å². The average Bonchev–Trinajstić information content (AvgIpc) is 2.20. The molecule has 0 bridgehead atoms. The summed E-state index contributed by atoms with van der Waals surface area (Å²) >= 11 is 0. The third-order valence-corrected chi connectivity index (χ3v) is 2.40. The Labute approximate surface area is 95.5 Å². The molecule has 0 heterocycles. The molecule has 0 radical (unpaired) electrons. The Hall–Kier alpha value is -0.290. The van der Waals surface area contributed by atoms with Crippen LogP contribution in [-0.4, -0.2) is 32.5 Å². The molecule has 1 N–H and O–H groups in total. The van der Waals surface area contributed by atoms with Gasteiger partial charge in [-0.2, -0.15) is 13.2 Å². The summed E-state index contributed by atoms with van der Waals surface area (Å²) in [6, 6.07) is 0.479. The molecule has 0 aliphatic carbocycles. The minimum atomic E-state index is -4.20. The van der Waals surface area contributed by atoms with Crippen molar-refractivity contribution in [1.82, 2.24) is 5.32 Å². The molecule has 0 aliphatic heterocycles. The summed E-state index contributed by atoms with van der Waals surface area (Å²) in [5.41, 5.74) is 0. The Balaban J connectivity index is 3.32. The van der Waals surface area contributed by atoms with Crippen molar-refractivity contribution in [2.45, 2.75) is 51.2 Å². The SMILES string of the molecule is CCCC(CCCCOCC(F)(F)F)NC. The standard InChI is InChI=1S/C11H22F3NO/c1-3-6-10(15-2)7-4-5-8-16-9-11(12,13)14/h10,15H,3-9H2,1-2H3. The first-order chi connectivity index (χ1) is 7.49. The highest BCUT2D eigenvalue weighted by Gasteiger charge is 2.27. The minimum Gasteiger partial charge on any atom is -0.372 e. The van der Waals surface area contributed by atoms with E-state index in [-0.39, 0.29) is 6.61 Å². The number of halogens is 3. The van der Waals surface area contributed by atoms with Gasteiger partial charge < -0.3 is 10.1 Å². The highest BCUT2D eigenvalue weighted by Crippen LogP contribution is 2.14. The summed E-state index contributed by atoms with van der Waals surface area (Å²) in [6.45, 7) is 1.19. The van der Waals surface area contributed by atoms with Crippen LogP contribution in [0.15, 0.2) is 0 Å². The molecule has 0 saturated heterocycles. The van der Waals surface area contributed by atoms with E-state index in [4.69, 9.17) is 0 Å². The molecule has 0 rings (SSSR count). The van der Waals surface area contributed by atoms with Crippen LogP contribution in [0.1, 0.15) is 39.0 Å². The van der Waals surface area contributed by atoms with Gasteiger partial charge in [-0.05, 0) is 32.7 Å². The van der Waals surface area contributed by atoms with Gasteiger partial charge in [0.2, 0.25) is 0 Å². The van der Waals surface area contributed by atoms with E-state index in [2.05, 4.69) is 17.0 Å². The van der Waals surface area contributed by atoms with Crippen LogP contribution < -0.4 is 5.32 Å². The number of nitrogens with one attached hydrogen (secondary N) is 1. The van der Waals surface area contributed by atoms with Crippen LogP contribution in [0.3, 0.4) is 0 Å². The van der Waals surface area contributed by atoms with Crippen LogP contribution >= 0.6 is 0 Å². The summed E-state index contributed by atoms with van der Waals surface area (Å²) in [4.78, 5) is 0. The van der Waals surface area contributed by atoms with Crippen LogP contribution in [-0.2, 0) is 4.74 Å². The fourth-order valence-electron chi connectivity index (χ4n) is 1.56. The fraction of sp³-hybridized carbons (Fsp3) is 1.00. The maximum atomic E-state index is 11.7. The van der Waals surface area contributed by atoms with Gasteiger partial charge in [-0.1, -0.05) is 13.3 Å². The van der Waals surface area contributed by atoms with E-state index in [9.17, 15) is 13.2 Å². The Kier molecular flexibility index (Phi) is 8.66. The Morgan fingerprint density at radius 3 is 2.38 bits per heavy atom. The summed E-state index contributed by atoms with van der Waals surface area (Å²) < 4.78 is 39.7. The zero-order valence-corrected chi connectivity index (χ0v) is 10.1. The number of alkyl halides is 3. The molecular formula is C11H22F3NO. The van der Waals surface area contributed by atoms with Crippen LogP contribution in [0, 0.1) is 0 Å². The second-order valence-electron chi connectivity index (χ2n) is 3.94. The largest absolute Gasteiger partial charge is 0.411 e. The summed E-state index contributed by atoms with van der Waals surface area (Å²) in [7, 11) is 1.92. The van der Waals surface area contributed by atoms with Gasteiger partial charge in [-0.25, -0.2) is 0 Å². The molecule has 0 spiro atoms. The Bertz CT molecular complexity index is 162. The highest BCUT2D eigenvalue weighted by atomic mass is 19.4. The second kappa shape index (κ2) is 8.82. The van der Waals surface area contributed by atoms with Crippen molar-refractivity contribution in [3.05, 3.63) is 0 Å². The molecule has 1 atom stereocenters. The first kappa shape index (κ1) is 15.7. The van der Waals surface area contributed by atoms with E-state index >= 15 is 0 Å². The van der Waals surface area contributed by atoms with E-state index < -0.39 is 12.8 Å². The molecule has 0 fully saturated rings. The van der Waals surface area contributed by atoms with Crippen molar-refractivity contribution in [2.24, 2.45) is 0 Å². The van der Waals surface area contributed by atoms with Crippen LogP contribution in [0.25, 0.3) is 0 Å². The molecule has 0 aromatic heterocycles. The Morgan fingerprint density at radius 2 is 1.88 bits per heavy atom. The van der Waals surface area contributed by atoms with E-state index in [0.29, 0.717) is 12.5 Å². The van der Waals surface area contributed by atoms with E-state index in [1.807, 2.05) is 7.05 Å². The second-order valence-corrected chi connectivity index (χ2v) is 3.94. The molecule has 0 aliphatic rings. The molecule has 0 amide bonds. The lowest BCUT2D eigenvalue weighted by Gasteiger charge is -2.14. The maximum Gasteiger partial charge on any atom is 0.411 e. The fourth-order valence-corrected chi connectivity index (χ4v) is 1.56. The van der Waals surface area contributed by atoms with Crippen molar-refractivity contribution in [2.75, 3.05) is 20.3 Å². The van der Waals surface area contributed by atoms with Crippen LogP contribution in [0.2, 0.25) is 0 Å². The van der Waals surface area contributed by atoms with Crippen LogP contribution in [0.4, 0.5) is 13.2 Å². The van der Waals surface area contributed by atoms with E-state index in [1.54, 1.807) is 0 Å². The van der Waals surface area contributed by atoms with Crippen molar-refractivity contribution >= 4 is 0 Å². The predicted molar refractivity (Wildman–Crippen MR) is 58.5 cm³/mol. The molecular weight excluding hydrogens is 219 g/mol. The first-order valence-corrected chi connectivity index (χ1v) is 5.81. The highest BCUT2D eigenvalue weighted by molar-refractivity contribution is 4.63. The third-order valence-electron chi connectivity index (χ3n) is 2.40. The monoisotopic (exact) mass is 241 g/mol. The van der Waals surface area contributed by atoms with Gasteiger partial charge in [-0.15, -0.1) is 0 Å². The normalized spacial score (nSPS) is 14.1. The van der Waals surface area contributed by atoms with Crippen molar-refractivity contribution in [3.8, 4) is 0 Å². The number of hydrogen-bond acceptors (Lipinski definition) is 2. The maximum absolute atomic E-state index is 11.7. The molecule has 16 heavy (non-hydrogen) atoms. The minimum absolute atomic E-state index is 0.196. The van der Waals surface area contributed by atoms with Gasteiger partial charge in [0.1, 0.15) is 6.61 Å². The van der Waals surface area contributed by atoms with Gasteiger partial charge in [0, 0.05) is 12.6 Å².